The van der Waals surface area contributed by atoms with Crippen molar-refractivity contribution in [1.82, 2.24) is 0 Å². The molecule has 2 aliphatic heterocycles. The molecule has 0 spiro atoms. The summed E-state index contributed by atoms with van der Waals surface area (Å²) in [5.41, 5.74) is 5.14. The van der Waals surface area contributed by atoms with Crippen molar-refractivity contribution < 1.29 is 52.4 Å². The third kappa shape index (κ3) is 10.4. The van der Waals surface area contributed by atoms with Crippen molar-refractivity contribution in [2.45, 2.75) is 47.0 Å². The summed E-state index contributed by atoms with van der Waals surface area (Å²) in [5.74, 6) is -2.55. The number of rotatable bonds is 12. The van der Waals surface area contributed by atoms with Crippen molar-refractivity contribution in [3.63, 3.8) is 0 Å². The lowest BCUT2D eigenvalue weighted by atomic mass is 10.0. The molecule has 13 heteroatoms. The van der Waals surface area contributed by atoms with E-state index in [1.165, 1.54) is 27.2 Å². The lowest BCUT2D eigenvalue weighted by Crippen LogP contribution is -2.36. The zero-order valence-electron chi connectivity index (χ0n) is 33.2. The van der Waals surface area contributed by atoms with Crippen LogP contribution in [0.4, 0.5) is 11.4 Å². The SMILES string of the molecule is CCO/C(=C1\C(=O)N(C(C)=O)c2cc(C(=O)OC)ccc21)c1ccccc1.CCOC(OCC)(OCC)c1ccccc1.COC(=O)c1ccc2c(c1)NC(=O)C2. The highest BCUT2D eigenvalue weighted by molar-refractivity contribution is 6.43. The van der Waals surface area contributed by atoms with E-state index < -0.39 is 29.7 Å². The highest BCUT2D eigenvalue weighted by atomic mass is 16.9. The maximum atomic E-state index is 13.1. The number of hydrogen-bond donors (Lipinski definition) is 1. The fourth-order valence-corrected chi connectivity index (χ4v) is 6.12. The molecule has 4 aromatic rings. The van der Waals surface area contributed by atoms with Crippen LogP contribution in [0.3, 0.4) is 0 Å². The normalized spacial score (nSPS) is 13.5. The summed E-state index contributed by atoms with van der Waals surface area (Å²) < 4.78 is 32.1. The van der Waals surface area contributed by atoms with Crippen LogP contribution >= 0.6 is 0 Å². The molecule has 4 aromatic carbocycles. The zero-order valence-corrected chi connectivity index (χ0v) is 33.2. The lowest BCUT2D eigenvalue weighted by molar-refractivity contribution is -0.389. The Bertz CT molecular complexity index is 2060. The highest BCUT2D eigenvalue weighted by Gasteiger charge is 2.39. The van der Waals surface area contributed by atoms with Crippen molar-refractivity contribution in [2.24, 2.45) is 0 Å². The number of nitrogens with zero attached hydrogens (tertiary/aromatic N) is 1. The minimum atomic E-state index is -1.06. The molecule has 13 nitrogen and oxygen atoms in total. The summed E-state index contributed by atoms with van der Waals surface area (Å²) >= 11 is 0. The Labute approximate surface area is 332 Å². The number of hydrogen-bond acceptors (Lipinski definition) is 11. The number of ether oxygens (including phenoxy) is 6. The molecular formula is C44H48N2O11. The average molecular weight is 781 g/mol. The fourth-order valence-electron chi connectivity index (χ4n) is 6.12. The maximum absolute atomic E-state index is 13.1. The Balaban J connectivity index is 0.000000205. The van der Waals surface area contributed by atoms with Crippen LogP contribution < -0.4 is 10.2 Å². The molecule has 57 heavy (non-hydrogen) atoms. The molecule has 0 fully saturated rings. The van der Waals surface area contributed by atoms with Crippen molar-refractivity contribution in [3.05, 3.63) is 130 Å². The largest absolute Gasteiger partial charge is 0.492 e. The van der Waals surface area contributed by atoms with Gasteiger partial charge in [0.2, 0.25) is 11.8 Å². The van der Waals surface area contributed by atoms with Crippen LogP contribution in [0, 0.1) is 0 Å². The minimum Gasteiger partial charge on any atom is -0.492 e. The quantitative estimate of drug-likeness (QED) is 0.0675. The van der Waals surface area contributed by atoms with Gasteiger partial charge in [-0.2, -0.15) is 0 Å². The molecule has 0 radical (unpaired) electrons. The van der Waals surface area contributed by atoms with Gasteiger partial charge in [0.15, 0.2) is 0 Å². The summed E-state index contributed by atoms with van der Waals surface area (Å²) in [4.78, 5) is 60.4. The van der Waals surface area contributed by atoms with Gasteiger partial charge >= 0.3 is 17.9 Å². The van der Waals surface area contributed by atoms with Crippen LogP contribution in [0.1, 0.15) is 77.6 Å². The second-order valence-electron chi connectivity index (χ2n) is 12.2. The van der Waals surface area contributed by atoms with E-state index in [-0.39, 0.29) is 11.5 Å². The third-order valence-electron chi connectivity index (χ3n) is 8.50. The van der Waals surface area contributed by atoms with Gasteiger partial charge in [-0.3, -0.25) is 14.4 Å². The number of nitrogens with one attached hydrogen (secondary N) is 1. The molecule has 1 N–H and O–H groups in total. The van der Waals surface area contributed by atoms with Crippen LogP contribution in [-0.4, -0.2) is 70.3 Å². The molecule has 2 aliphatic rings. The van der Waals surface area contributed by atoms with Gasteiger partial charge in [0.25, 0.3) is 5.91 Å². The smallest absolute Gasteiger partial charge is 0.337 e. The van der Waals surface area contributed by atoms with Crippen molar-refractivity contribution in [2.75, 3.05) is 50.9 Å². The Morgan fingerprint density at radius 3 is 1.75 bits per heavy atom. The maximum Gasteiger partial charge on any atom is 0.337 e. The molecule has 0 unspecified atom stereocenters. The molecule has 300 valence electrons. The zero-order chi connectivity index (χ0) is 41.5. The number of anilines is 2. The first kappa shape index (κ1) is 43.6. The standard InChI is InChI=1S/C21H19NO5.C13H20O3.C10H9NO3/c1-4-27-19(14-8-6-5-7-9-14)18-16-11-10-15(21(25)26-3)12-17(16)22(13(2)23)20(18)24;1-4-14-13(15-5-2,16-6-3)12-10-8-7-9-11-12;1-14-10(13)7-3-2-6-5-9(12)11-8(6)4-7/h5-12H,4H2,1-3H3;7-11H,4-6H2,1-3H3;2-4H,5H2,1H3,(H,11,12)/b19-18-;;. The Morgan fingerprint density at radius 1 is 0.684 bits per heavy atom. The van der Waals surface area contributed by atoms with Crippen LogP contribution in [0.25, 0.3) is 11.3 Å². The van der Waals surface area contributed by atoms with E-state index in [4.69, 9.17) is 23.7 Å². The van der Waals surface area contributed by atoms with E-state index in [2.05, 4.69) is 10.1 Å². The van der Waals surface area contributed by atoms with Crippen LogP contribution in [0.2, 0.25) is 0 Å². The molecule has 6 rings (SSSR count). The molecule has 0 saturated heterocycles. The summed E-state index contributed by atoms with van der Waals surface area (Å²) in [6, 6.07) is 28.7. The highest BCUT2D eigenvalue weighted by Crippen LogP contribution is 2.42. The molecule has 0 atom stereocenters. The Hall–Kier alpha value is -6.15. The molecule has 0 aliphatic carbocycles. The Morgan fingerprint density at radius 2 is 1.23 bits per heavy atom. The van der Waals surface area contributed by atoms with E-state index in [0.717, 1.165) is 21.6 Å². The van der Waals surface area contributed by atoms with Gasteiger partial charge in [0.1, 0.15) is 5.76 Å². The predicted molar refractivity (Wildman–Crippen MR) is 214 cm³/mol. The second kappa shape index (κ2) is 20.7. The number of methoxy groups -OCH3 is 2. The summed E-state index contributed by atoms with van der Waals surface area (Å²) in [7, 11) is 2.60. The van der Waals surface area contributed by atoms with E-state index in [1.807, 2.05) is 88.4 Å². The topological polar surface area (TPSA) is 156 Å². The van der Waals surface area contributed by atoms with Crippen molar-refractivity contribution in [1.29, 1.82) is 0 Å². The first-order chi connectivity index (χ1) is 27.5. The van der Waals surface area contributed by atoms with Crippen molar-refractivity contribution in [3.8, 4) is 0 Å². The number of amides is 3. The summed E-state index contributed by atoms with van der Waals surface area (Å²) in [6.45, 7) is 10.9. The lowest BCUT2D eigenvalue weighted by Gasteiger charge is -2.32. The first-order valence-electron chi connectivity index (χ1n) is 18.5. The number of benzene rings is 4. The molecule has 0 saturated carbocycles. The van der Waals surface area contributed by atoms with Crippen molar-refractivity contribution >= 4 is 52.4 Å². The number of imide groups is 1. The summed E-state index contributed by atoms with van der Waals surface area (Å²) in [6.07, 6.45) is 0.386. The Kier molecular flexibility index (Phi) is 15.8. The molecular weight excluding hydrogens is 732 g/mol. The van der Waals surface area contributed by atoms with Gasteiger partial charge in [-0.15, -0.1) is 0 Å². The van der Waals surface area contributed by atoms with E-state index in [1.54, 1.807) is 30.3 Å². The van der Waals surface area contributed by atoms with Gasteiger partial charge in [0, 0.05) is 49.1 Å². The van der Waals surface area contributed by atoms with Crippen LogP contribution in [0.15, 0.2) is 97.1 Å². The average Bonchev–Trinajstić information content (AvgIpc) is 3.75. The molecule has 3 amide bonds. The van der Waals surface area contributed by atoms with Crippen LogP contribution in [0.5, 0.6) is 0 Å². The molecule has 0 aromatic heterocycles. The van der Waals surface area contributed by atoms with Crippen LogP contribution in [-0.2, 0) is 55.2 Å². The first-order valence-corrected chi connectivity index (χ1v) is 18.5. The molecule has 0 bridgehead atoms. The second-order valence-corrected chi connectivity index (χ2v) is 12.2. The predicted octanol–water partition coefficient (Wildman–Crippen LogP) is 7.15. The molecule has 2 heterocycles. The van der Waals surface area contributed by atoms with Gasteiger partial charge < -0.3 is 33.7 Å². The van der Waals surface area contributed by atoms with Gasteiger partial charge in [-0.25, -0.2) is 14.5 Å². The van der Waals surface area contributed by atoms with E-state index in [9.17, 15) is 24.0 Å². The fraction of sp³-hybridized carbons (Fsp3) is 0.295. The monoisotopic (exact) mass is 780 g/mol. The summed E-state index contributed by atoms with van der Waals surface area (Å²) in [5, 5.41) is 2.67. The number of fused-ring (bicyclic) bond motifs is 2. The van der Waals surface area contributed by atoms with Gasteiger partial charge in [-0.05, 0) is 57.5 Å². The number of carbonyl (C=O) groups is 5. The van der Waals surface area contributed by atoms with E-state index in [0.29, 0.717) is 66.7 Å². The minimum absolute atomic E-state index is 0.0398. The van der Waals surface area contributed by atoms with Gasteiger partial charge in [-0.1, -0.05) is 72.8 Å². The van der Waals surface area contributed by atoms with Gasteiger partial charge in [0.05, 0.1) is 49.6 Å². The number of esters is 2. The third-order valence-corrected chi connectivity index (χ3v) is 8.50. The number of carbonyl (C=O) groups excluding carboxylic acids is 5. The van der Waals surface area contributed by atoms with E-state index >= 15 is 0 Å².